The number of piperidine rings is 1. The van der Waals surface area contributed by atoms with Gasteiger partial charge in [0.2, 0.25) is 0 Å². The lowest BCUT2D eigenvalue weighted by Crippen LogP contribution is -2.39. The minimum absolute atomic E-state index is 0.174. The fourth-order valence-electron chi connectivity index (χ4n) is 3.69. The molecule has 0 bridgehead atoms. The van der Waals surface area contributed by atoms with Gasteiger partial charge in [0, 0.05) is 30.9 Å². The first-order valence-corrected chi connectivity index (χ1v) is 9.23. The van der Waals surface area contributed by atoms with Crippen LogP contribution in [0.25, 0.3) is 11.0 Å². The molecule has 0 aliphatic carbocycles. The standard InChI is InChI=1S/C20H21FN4O2/c1-2-24-10-8-13(11-18(24)26)20(27)25-9-4-3-5-17(25)19-22-15-7-6-14(21)12-16(15)23-19/h6-8,10-12,17H,2-5,9H2,1H3,(H,22,23). The maximum absolute atomic E-state index is 13.5. The Morgan fingerprint density at radius 1 is 1.30 bits per heavy atom. The molecule has 4 rings (SSSR count). The number of aryl methyl sites for hydroxylation is 1. The molecule has 0 saturated carbocycles. The second-order valence-corrected chi connectivity index (χ2v) is 6.83. The zero-order chi connectivity index (χ0) is 19.0. The van der Waals surface area contributed by atoms with Crippen molar-refractivity contribution in [3.63, 3.8) is 0 Å². The third-order valence-electron chi connectivity index (χ3n) is 5.13. The summed E-state index contributed by atoms with van der Waals surface area (Å²) in [6.07, 6.45) is 4.32. The minimum Gasteiger partial charge on any atom is -0.340 e. The summed E-state index contributed by atoms with van der Waals surface area (Å²) < 4.78 is 15.0. The third-order valence-corrected chi connectivity index (χ3v) is 5.13. The SMILES string of the molecule is CCn1ccc(C(=O)N2CCCCC2c2nc3ccc(F)cc3[nH]2)cc1=O. The smallest absolute Gasteiger partial charge is 0.254 e. The molecular formula is C20H21FN4O2. The van der Waals surface area contributed by atoms with Crippen LogP contribution in [0.4, 0.5) is 4.39 Å². The number of amides is 1. The molecule has 3 aromatic rings. The Kier molecular flexibility index (Phi) is 4.51. The number of carbonyl (C=O) groups excluding carboxylic acids is 1. The number of hydrogen-bond donors (Lipinski definition) is 1. The number of rotatable bonds is 3. The van der Waals surface area contributed by atoms with Crippen LogP contribution in [0.2, 0.25) is 0 Å². The largest absolute Gasteiger partial charge is 0.340 e. The molecule has 27 heavy (non-hydrogen) atoms. The van der Waals surface area contributed by atoms with Crippen molar-refractivity contribution in [1.29, 1.82) is 0 Å². The Morgan fingerprint density at radius 3 is 2.93 bits per heavy atom. The number of nitrogens with zero attached hydrogens (tertiary/aromatic N) is 3. The molecule has 1 aliphatic rings. The monoisotopic (exact) mass is 368 g/mol. The Hall–Kier alpha value is -2.96. The lowest BCUT2D eigenvalue weighted by molar-refractivity contribution is 0.0601. The number of likely N-dealkylation sites (tertiary alicyclic amines) is 1. The molecule has 2 aromatic heterocycles. The van der Waals surface area contributed by atoms with Gasteiger partial charge in [0.15, 0.2) is 0 Å². The Bertz CT molecular complexity index is 1060. The molecule has 6 nitrogen and oxygen atoms in total. The van der Waals surface area contributed by atoms with E-state index in [2.05, 4.69) is 9.97 Å². The normalized spacial score (nSPS) is 17.4. The number of halogens is 1. The van der Waals surface area contributed by atoms with Crippen molar-refractivity contribution in [3.05, 3.63) is 64.1 Å². The average Bonchev–Trinajstić information content (AvgIpc) is 3.10. The van der Waals surface area contributed by atoms with Crippen LogP contribution in [0.5, 0.6) is 0 Å². The van der Waals surface area contributed by atoms with Crippen LogP contribution < -0.4 is 5.56 Å². The van der Waals surface area contributed by atoms with Gasteiger partial charge in [-0.25, -0.2) is 9.37 Å². The van der Waals surface area contributed by atoms with E-state index in [1.807, 2.05) is 6.92 Å². The van der Waals surface area contributed by atoms with Gasteiger partial charge in [0.05, 0.1) is 17.1 Å². The van der Waals surface area contributed by atoms with Crippen molar-refractivity contribution in [2.75, 3.05) is 6.54 Å². The zero-order valence-corrected chi connectivity index (χ0v) is 15.1. The number of carbonyl (C=O) groups is 1. The first-order chi connectivity index (χ1) is 13.1. The van der Waals surface area contributed by atoms with E-state index in [1.165, 1.54) is 18.2 Å². The van der Waals surface area contributed by atoms with E-state index >= 15 is 0 Å². The van der Waals surface area contributed by atoms with Crippen molar-refractivity contribution in [1.82, 2.24) is 19.4 Å². The number of H-pyrrole nitrogens is 1. The molecule has 1 aromatic carbocycles. The van der Waals surface area contributed by atoms with Crippen LogP contribution in [-0.2, 0) is 6.54 Å². The summed E-state index contributed by atoms with van der Waals surface area (Å²) in [5.74, 6) is 0.156. The molecule has 7 heteroatoms. The molecule has 0 radical (unpaired) electrons. The Labute approximate surface area is 155 Å². The van der Waals surface area contributed by atoms with E-state index in [9.17, 15) is 14.0 Å². The van der Waals surface area contributed by atoms with Gasteiger partial charge >= 0.3 is 0 Å². The van der Waals surface area contributed by atoms with Crippen molar-refractivity contribution >= 4 is 16.9 Å². The van der Waals surface area contributed by atoms with Gasteiger partial charge in [-0.2, -0.15) is 0 Å². The highest BCUT2D eigenvalue weighted by Gasteiger charge is 2.31. The number of pyridine rings is 1. The molecule has 1 saturated heterocycles. The summed E-state index contributed by atoms with van der Waals surface area (Å²) in [5.41, 5.74) is 1.50. The molecule has 1 unspecified atom stereocenters. The number of aromatic nitrogens is 3. The van der Waals surface area contributed by atoms with Crippen LogP contribution in [0.3, 0.4) is 0 Å². The van der Waals surface area contributed by atoms with E-state index in [0.717, 1.165) is 19.3 Å². The fourth-order valence-corrected chi connectivity index (χ4v) is 3.69. The average molecular weight is 368 g/mol. The Balaban J connectivity index is 1.68. The highest BCUT2D eigenvalue weighted by molar-refractivity contribution is 5.94. The molecular weight excluding hydrogens is 347 g/mol. The van der Waals surface area contributed by atoms with E-state index in [1.54, 1.807) is 27.8 Å². The third kappa shape index (κ3) is 3.25. The number of aromatic amines is 1. The maximum Gasteiger partial charge on any atom is 0.254 e. The summed E-state index contributed by atoms with van der Waals surface area (Å²) in [4.78, 5) is 34.7. The molecule has 1 atom stereocenters. The topological polar surface area (TPSA) is 71.0 Å². The second-order valence-electron chi connectivity index (χ2n) is 6.83. The van der Waals surface area contributed by atoms with Gasteiger partial charge in [0.25, 0.3) is 11.5 Å². The highest BCUT2D eigenvalue weighted by atomic mass is 19.1. The molecule has 0 spiro atoms. The number of fused-ring (bicyclic) bond motifs is 1. The predicted molar refractivity (Wildman–Crippen MR) is 100 cm³/mol. The van der Waals surface area contributed by atoms with Crippen molar-refractivity contribution < 1.29 is 9.18 Å². The Morgan fingerprint density at radius 2 is 2.15 bits per heavy atom. The van der Waals surface area contributed by atoms with E-state index in [0.29, 0.717) is 35.5 Å². The zero-order valence-electron chi connectivity index (χ0n) is 15.1. The second kappa shape index (κ2) is 6.98. The molecule has 1 amide bonds. The summed E-state index contributed by atoms with van der Waals surface area (Å²) >= 11 is 0. The van der Waals surface area contributed by atoms with Crippen molar-refractivity contribution in [2.24, 2.45) is 0 Å². The molecule has 1 fully saturated rings. The summed E-state index contributed by atoms with van der Waals surface area (Å²) in [6, 6.07) is 7.28. The van der Waals surface area contributed by atoms with Crippen LogP contribution >= 0.6 is 0 Å². The highest BCUT2D eigenvalue weighted by Crippen LogP contribution is 2.31. The van der Waals surface area contributed by atoms with Gasteiger partial charge < -0.3 is 14.5 Å². The first-order valence-electron chi connectivity index (χ1n) is 9.23. The van der Waals surface area contributed by atoms with Gasteiger partial charge in [-0.15, -0.1) is 0 Å². The lowest BCUT2D eigenvalue weighted by atomic mass is 10.0. The van der Waals surface area contributed by atoms with Crippen LogP contribution in [-0.4, -0.2) is 31.9 Å². The predicted octanol–water partition coefficient (Wildman–Crippen LogP) is 3.25. The number of imidazole rings is 1. The van der Waals surface area contributed by atoms with Gasteiger partial charge in [-0.3, -0.25) is 9.59 Å². The van der Waals surface area contributed by atoms with E-state index < -0.39 is 0 Å². The minimum atomic E-state index is -0.328. The van der Waals surface area contributed by atoms with E-state index in [4.69, 9.17) is 0 Å². The molecule has 3 heterocycles. The fraction of sp³-hybridized carbons (Fsp3) is 0.350. The molecule has 140 valence electrons. The number of hydrogen-bond acceptors (Lipinski definition) is 3. The quantitative estimate of drug-likeness (QED) is 0.771. The van der Waals surface area contributed by atoms with Gasteiger partial charge in [0.1, 0.15) is 11.6 Å². The van der Waals surface area contributed by atoms with Crippen LogP contribution in [0.15, 0.2) is 41.3 Å². The summed E-state index contributed by atoms with van der Waals surface area (Å²) in [5, 5.41) is 0. The first kappa shape index (κ1) is 17.5. The summed E-state index contributed by atoms with van der Waals surface area (Å²) in [6.45, 7) is 3.05. The number of benzene rings is 1. The number of nitrogens with one attached hydrogen (secondary N) is 1. The van der Waals surface area contributed by atoms with Crippen molar-refractivity contribution in [2.45, 2.75) is 38.8 Å². The van der Waals surface area contributed by atoms with Gasteiger partial charge in [-0.05, 0) is 50.5 Å². The van der Waals surface area contributed by atoms with Crippen LogP contribution in [0.1, 0.15) is 48.4 Å². The molecule has 1 N–H and O–H groups in total. The lowest BCUT2D eigenvalue weighted by Gasteiger charge is -2.34. The molecule has 1 aliphatic heterocycles. The summed E-state index contributed by atoms with van der Waals surface area (Å²) in [7, 11) is 0. The van der Waals surface area contributed by atoms with Gasteiger partial charge in [-0.1, -0.05) is 0 Å². The van der Waals surface area contributed by atoms with E-state index in [-0.39, 0.29) is 23.3 Å². The van der Waals surface area contributed by atoms with Crippen molar-refractivity contribution in [3.8, 4) is 0 Å². The maximum atomic E-state index is 13.5. The van der Waals surface area contributed by atoms with Crippen LogP contribution in [0, 0.1) is 5.82 Å².